The smallest absolute Gasteiger partial charge is 0.263 e. The van der Waals surface area contributed by atoms with Crippen LogP contribution in [-0.4, -0.2) is 35.7 Å². The van der Waals surface area contributed by atoms with E-state index >= 15 is 0 Å². The summed E-state index contributed by atoms with van der Waals surface area (Å²) in [5.41, 5.74) is 6.06. The van der Waals surface area contributed by atoms with E-state index in [-0.39, 0.29) is 17.1 Å². The molecule has 4 N–H and O–H groups in total. The van der Waals surface area contributed by atoms with Crippen LogP contribution >= 0.6 is 0 Å². The third-order valence-electron chi connectivity index (χ3n) is 3.69. The number of ether oxygens (including phenoxy) is 1. The Morgan fingerprint density at radius 2 is 2.29 bits per heavy atom. The van der Waals surface area contributed by atoms with Crippen LogP contribution in [0.4, 0.5) is 0 Å². The zero-order chi connectivity index (χ0) is 14.8. The summed E-state index contributed by atoms with van der Waals surface area (Å²) in [6.45, 7) is 1.90. The molecule has 21 heavy (non-hydrogen) atoms. The quantitative estimate of drug-likeness (QED) is 0.578. The standard InChI is InChI=1S/C15H17N3O3/c16-14(17-7-9-5-6-21-8-9)12-13(19)10-3-1-2-4-11(10)18-15(12)20/h1-4,9H,5-8H2,(H2,16,17)(H2,18,19,20). The maximum Gasteiger partial charge on any atom is 0.263 e. The van der Waals surface area contributed by atoms with Crippen molar-refractivity contribution in [2.24, 2.45) is 16.6 Å². The molecule has 1 unspecified atom stereocenters. The Balaban J connectivity index is 1.98. The number of benzene rings is 1. The number of pyridine rings is 1. The van der Waals surface area contributed by atoms with Gasteiger partial charge in [0.05, 0.1) is 12.1 Å². The number of nitrogens with two attached hydrogens (primary N) is 1. The number of aromatic nitrogens is 1. The molecule has 0 aliphatic carbocycles. The summed E-state index contributed by atoms with van der Waals surface area (Å²) in [6, 6.07) is 7.02. The van der Waals surface area contributed by atoms with Crippen molar-refractivity contribution in [3.63, 3.8) is 0 Å². The first-order valence-corrected chi connectivity index (χ1v) is 6.89. The second-order valence-electron chi connectivity index (χ2n) is 5.18. The average molecular weight is 287 g/mol. The fourth-order valence-electron chi connectivity index (χ4n) is 2.50. The predicted octanol–water partition coefficient (Wildman–Crippen LogP) is 0.976. The first-order chi connectivity index (χ1) is 10.2. The van der Waals surface area contributed by atoms with Gasteiger partial charge in [0.15, 0.2) is 0 Å². The molecule has 1 aromatic carbocycles. The Hall–Kier alpha value is -2.34. The maximum atomic E-state index is 12.1. The molecule has 0 saturated carbocycles. The van der Waals surface area contributed by atoms with Crippen LogP contribution in [0.25, 0.3) is 10.9 Å². The molecule has 1 aliphatic rings. The fourth-order valence-corrected chi connectivity index (χ4v) is 2.50. The largest absolute Gasteiger partial charge is 0.506 e. The number of hydrogen-bond acceptors (Lipinski definition) is 4. The second kappa shape index (κ2) is 5.57. The van der Waals surface area contributed by atoms with E-state index < -0.39 is 5.56 Å². The molecule has 1 saturated heterocycles. The van der Waals surface area contributed by atoms with Crippen molar-refractivity contribution in [2.75, 3.05) is 19.8 Å². The number of fused-ring (bicyclic) bond motifs is 1. The van der Waals surface area contributed by atoms with Crippen molar-refractivity contribution in [1.82, 2.24) is 4.98 Å². The number of para-hydroxylation sites is 1. The molecule has 2 aromatic rings. The van der Waals surface area contributed by atoms with Gasteiger partial charge in [-0.15, -0.1) is 0 Å². The summed E-state index contributed by atoms with van der Waals surface area (Å²) in [5.74, 6) is 0.259. The van der Waals surface area contributed by atoms with Crippen LogP contribution in [0.1, 0.15) is 12.0 Å². The van der Waals surface area contributed by atoms with Crippen LogP contribution in [-0.2, 0) is 4.74 Å². The van der Waals surface area contributed by atoms with Crippen molar-refractivity contribution in [2.45, 2.75) is 6.42 Å². The number of aromatic hydroxyl groups is 1. The zero-order valence-corrected chi connectivity index (χ0v) is 11.5. The van der Waals surface area contributed by atoms with Gasteiger partial charge < -0.3 is 20.6 Å². The molecule has 6 heteroatoms. The number of aliphatic imine (C=N–C) groups is 1. The fraction of sp³-hybridized carbons (Fsp3) is 0.333. The second-order valence-corrected chi connectivity index (χ2v) is 5.18. The molecular formula is C15H17N3O3. The summed E-state index contributed by atoms with van der Waals surface area (Å²) in [7, 11) is 0. The topological polar surface area (TPSA) is 101 Å². The third-order valence-corrected chi connectivity index (χ3v) is 3.69. The van der Waals surface area contributed by atoms with Gasteiger partial charge in [0.1, 0.15) is 17.1 Å². The van der Waals surface area contributed by atoms with Crippen molar-refractivity contribution >= 4 is 16.7 Å². The van der Waals surface area contributed by atoms with Gasteiger partial charge in [-0.25, -0.2) is 0 Å². The molecule has 3 rings (SSSR count). The summed E-state index contributed by atoms with van der Waals surface area (Å²) < 4.78 is 5.27. The third kappa shape index (κ3) is 2.62. The lowest BCUT2D eigenvalue weighted by atomic mass is 10.1. The molecule has 1 aromatic heterocycles. The van der Waals surface area contributed by atoms with Crippen molar-refractivity contribution in [3.05, 3.63) is 40.2 Å². The minimum absolute atomic E-state index is 0.0348. The minimum atomic E-state index is -0.435. The SMILES string of the molecule is NC(=NCC1CCOC1)c1c(O)c2ccccc2[nH]c1=O. The van der Waals surface area contributed by atoms with E-state index in [1.54, 1.807) is 24.3 Å². The van der Waals surface area contributed by atoms with E-state index in [2.05, 4.69) is 9.98 Å². The first-order valence-electron chi connectivity index (χ1n) is 6.89. The predicted molar refractivity (Wildman–Crippen MR) is 80.8 cm³/mol. The zero-order valence-electron chi connectivity index (χ0n) is 11.5. The number of nitrogens with one attached hydrogen (secondary N) is 1. The van der Waals surface area contributed by atoms with Gasteiger partial charge in [-0.1, -0.05) is 12.1 Å². The van der Waals surface area contributed by atoms with E-state index in [9.17, 15) is 9.90 Å². The molecule has 0 radical (unpaired) electrons. The average Bonchev–Trinajstić information content (AvgIpc) is 2.98. The van der Waals surface area contributed by atoms with Gasteiger partial charge in [0.25, 0.3) is 5.56 Å². The molecule has 110 valence electrons. The molecule has 0 spiro atoms. The number of hydrogen-bond donors (Lipinski definition) is 3. The van der Waals surface area contributed by atoms with E-state index in [0.717, 1.165) is 13.0 Å². The molecule has 6 nitrogen and oxygen atoms in total. The highest BCUT2D eigenvalue weighted by Crippen LogP contribution is 2.24. The number of H-pyrrole nitrogens is 1. The molecule has 2 heterocycles. The first kappa shape index (κ1) is 13.6. The Labute approximate surface area is 121 Å². The number of aromatic amines is 1. The highest BCUT2D eigenvalue weighted by atomic mass is 16.5. The van der Waals surface area contributed by atoms with Crippen LogP contribution in [0.5, 0.6) is 5.75 Å². The van der Waals surface area contributed by atoms with Crippen molar-refractivity contribution in [1.29, 1.82) is 0 Å². The Bertz CT molecular complexity index is 745. The van der Waals surface area contributed by atoms with E-state index in [1.165, 1.54) is 0 Å². The minimum Gasteiger partial charge on any atom is -0.506 e. The normalized spacial score (nSPS) is 19.2. The van der Waals surface area contributed by atoms with Crippen LogP contribution in [0, 0.1) is 5.92 Å². The van der Waals surface area contributed by atoms with E-state index in [1.807, 2.05) is 0 Å². The van der Waals surface area contributed by atoms with Crippen LogP contribution in [0.2, 0.25) is 0 Å². The van der Waals surface area contributed by atoms with Gasteiger partial charge in [-0.3, -0.25) is 9.79 Å². The maximum absolute atomic E-state index is 12.1. The lowest BCUT2D eigenvalue weighted by Crippen LogP contribution is -2.25. The molecule has 0 amide bonds. The van der Waals surface area contributed by atoms with Crippen LogP contribution in [0.15, 0.2) is 34.1 Å². The van der Waals surface area contributed by atoms with Gasteiger partial charge in [-0.05, 0) is 18.6 Å². The van der Waals surface area contributed by atoms with Crippen LogP contribution < -0.4 is 11.3 Å². The van der Waals surface area contributed by atoms with Crippen molar-refractivity contribution in [3.8, 4) is 5.75 Å². The summed E-state index contributed by atoms with van der Waals surface area (Å²) in [4.78, 5) is 19.0. The monoisotopic (exact) mass is 287 g/mol. The lowest BCUT2D eigenvalue weighted by molar-refractivity contribution is 0.187. The molecule has 1 fully saturated rings. The Morgan fingerprint density at radius 3 is 3.05 bits per heavy atom. The van der Waals surface area contributed by atoms with Crippen molar-refractivity contribution < 1.29 is 9.84 Å². The number of rotatable bonds is 3. The Kier molecular flexibility index (Phi) is 3.62. The van der Waals surface area contributed by atoms with Gasteiger partial charge in [0, 0.05) is 24.5 Å². The van der Waals surface area contributed by atoms with E-state index in [4.69, 9.17) is 10.5 Å². The summed E-state index contributed by atoms with van der Waals surface area (Å²) in [6.07, 6.45) is 0.941. The summed E-state index contributed by atoms with van der Waals surface area (Å²) >= 11 is 0. The van der Waals surface area contributed by atoms with Gasteiger partial charge in [-0.2, -0.15) is 0 Å². The number of nitrogens with zero attached hydrogens (tertiary/aromatic N) is 1. The van der Waals surface area contributed by atoms with Gasteiger partial charge >= 0.3 is 0 Å². The Morgan fingerprint density at radius 1 is 1.48 bits per heavy atom. The van der Waals surface area contributed by atoms with E-state index in [0.29, 0.717) is 30.0 Å². The lowest BCUT2D eigenvalue weighted by Gasteiger charge is -2.08. The van der Waals surface area contributed by atoms with Gasteiger partial charge in [0.2, 0.25) is 0 Å². The van der Waals surface area contributed by atoms with Crippen LogP contribution in [0.3, 0.4) is 0 Å². The molecule has 0 bridgehead atoms. The molecule has 1 aliphatic heterocycles. The molecule has 1 atom stereocenters. The highest BCUT2D eigenvalue weighted by molar-refractivity contribution is 6.04. The number of amidine groups is 1. The summed E-state index contributed by atoms with van der Waals surface area (Å²) in [5, 5.41) is 10.8. The highest BCUT2D eigenvalue weighted by Gasteiger charge is 2.18. The molecular weight excluding hydrogens is 270 g/mol.